The molecule has 2 aromatic carbocycles. The molecule has 4 nitrogen and oxygen atoms in total. The highest BCUT2D eigenvalue weighted by molar-refractivity contribution is 5.94. The fourth-order valence-corrected chi connectivity index (χ4v) is 4.21. The van der Waals surface area contributed by atoms with Crippen molar-refractivity contribution in [1.29, 1.82) is 0 Å². The van der Waals surface area contributed by atoms with Gasteiger partial charge in [0, 0.05) is 5.56 Å². The number of nitrogens with one attached hydrogen (secondary N) is 2. The highest BCUT2D eigenvalue weighted by Gasteiger charge is 2.23. The quantitative estimate of drug-likeness (QED) is 0.851. The maximum absolute atomic E-state index is 13.0. The summed E-state index contributed by atoms with van der Waals surface area (Å²) >= 11 is 0. The number of carbonyl (C=O) groups excluding carboxylic acids is 1. The number of aryl methyl sites for hydroxylation is 2. The Morgan fingerprint density at radius 1 is 1.00 bits per heavy atom. The van der Waals surface area contributed by atoms with Gasteiger partial charge in [0.15, 0.2) is 0 Å². The molecule has 2 N–H and O–H groups in total. The first-order chi connectivity index (χ1) is 13.3. The average Bonchev–Trinajstić information content (AvgIpc) is 2.74. The van der Waals surface area contributed by atoms with Crippen LogP contribution in [-0.4, -0.2) is 38.8 Å². The van der Waals surface area contributed by atoms with E-state index in [9.17, 15) is 4.79 Å². The lowest BCUT2D eigenvalue weighted by Crippen LogP contribution is -3.14. The molecule has 0 spiro atoms. The van der Waals surface area contributed by atoms with Gasteiger partial charge in [0.05, 0.1) is 13.2 Å². The summed E-state index contributed by atoms with van der Waals surface area (Å²) in [6.45, 7) is 4.49. The minimum atomic E-state index is 0.0165. The Kier molecular flexibility index (Phi) is 5.85. The fourth-order valence-electron chi connectivity index (χ4n) is 4.21. The van der Waals surface area contributed by atoms with Crippen LogP contribution in [0.2, 0.25) is 0 Å². The first-order valence-electron chi connectivity index (χ1n) is 10.2. The van der Waals surface area contributed by atoms with Crippen LogP contribution in [0.3, 0.4) is 0 Å². The van der Waals surface area contributed by atoms with Gasteiger partial charge in [-0.2, -0.15) is 0 Å². The van der Waals surface area contributed by atoms with Crippen molar-refractivity contribution >= 4 is 5.91 Å². The number of fused-ring (bicyclic) bond motifs is 1. The summed E-state index contributed by atoms with van der Waals surface area (Å²) < 4.78 is 5.48. The number of morpholine rings is 1. The number of carbonyl (C=O) groups is 1. The van der Waals surface area contributed by atoms with Crippen LogP contribution < -0.4 is 10.2 Å². The summed E-state index contributed by atoms with van der Waals surface area (Å²) in [5, 5.41) is 3.30. The van der Waals surface area contributed by atoms with Gasteiger partial charge < -0.3 is 15.0 Å². The van der Waals surface area contributed by atoms with Gasteiger partial charge in [0.1, 0.15) is 25.7 Å². The number of hydrogen-bond acceptors (Lipinski definition) is 2. The summed E-state index contributed by atoms with van der Waals surface area (Å²) in [4.78, 5) is 14.5. The zero-order valence-corrected chi connectivity index (χ0v) is 15.9. The predicted octanol–water partition coefficient (Wildman–Crippen LogP) is 1.95. The Hall–Kier alpha value is -2.17. The number of quaternary nitrogens is 1. The number of ether oxygens (including phenoxy) is 1. The van der Waals surface area contributed by atoms with Crippen molar-refractivity contribution in [2.24, 2.45) is 0 Å². The standard InChI is InChI=1S/C23H28N2O2/c26-23(21-11-10-18-6-4-5-9-20(18)16-21)24-22(19-7-2-1-3-8-19)17-25-12-14-27-15-13-25/h1-3,7-8,10-11,16,22H,4-6,9,12-15,17H2,(H,24,26)/p+1/t22-/m1/s1. The van der Waals surface area contributed by atoms with E-state index in [1.165, 1.54) is 34.4 Å². The fraction of sp³-hybridized carbons (Fsp3) is 0.435. The first kappa shape index (κ1) is 18.2. The largest absolute Gasteiger partial charge is 0.370 e. The zero-order valence-electron chi connectivity index (χ0n) is 15.9. The van der Waals surface area contributed by atoms with Gasteiger partial charge in [0.25, 0.3) is 5.91 Å². The maximum atomic E-state index is 13.0. The minimum absolute atomic E-state index is 0.0165. The van der Waals surface area contributed by atoms with E-state index in [-0.39, 0.29) is 11.9 Å². The van der Waals surface area contributed by atoms with Crippen molar-refractivity contribution in [2.75, 3.05) is 32.8 Å². The molecule has 0 saturated carbocycles. The van der Waals surface area contributed by atoms with Crippen LogP contribution in [0.15, 0.2) is 48.5 Å². The maximum Gasteiger partial charge on any atom is 0.251 e. The first-order valence-corrected chi connectivity index (χ1v) is 10.2. The van der Waals surface area contributed by atoms with Gasteiger partial charge in [-0.15, -0.1) is 0 Å². The molecule has 0 radical (unpaired) electrons. The van der Waals surface area contributed by atoms with Gasteiger partial charge in [-0.25, -0.2) is 0 Å². The second kappa shape index (κ2) is 8.68. The van der Waals surface area contributed by atoms with Crippen molar-refractivity contribution < 1.29 is 14.4 Å². The third-order valence-electron chi connectivity index (χ3n) is 5.81. The average molecular weight is 365 g/mol. The van der Waals surface area contributed by atoms with Gasteiger partial charge in [-0.3, -0.25) is 4.79 Å². The van der Waals surface area contributed by atoms with Crippen LogP contribution in [0.25, 0.3) is 0 Å². The molecule has 2 aromatic rings. The van der Waals surface area contributed by atoms with E-state index >= 15 is 0 Å². The number of benzene rings is 2. The normalized spacial score (nSPS) is 18.5. The van der Waals surface area contributed by atoms with Gasteiger partial charge >= 0.3 is 0 Å². The molecule has 27 heavy (non-hydrogen) atoms. The zero-order chi connectivity index (χ0) is 18.5. The van der Waals surface area contributed by atoms with E-state index < -0.39 is 0 Å². The second-order valence-electron chi connectivity index (χ2n) is 7.69. The van der Waals surface area contributed by atoms with Gasteiger partial charge in [-0.1, -0.05) is 36.4 Å². The summed E-state index contributed by atoms with van der Waals surface area (Å²) in [6, 6.07) is 16.6. The molecular formula is C23H29N2O2+. The minimum Gasteiger partial charge on any atom is -0.370 e. The van der Waals surface area contributed by atoms with Crippen molar-refractivity contribution in [1.82, 2.24) is 5.32 Å². The van der Waals surface area contributed by atoms with Crippen molar-refractivity contribution in [3.05, 3.63) is 70.8 Å². The molecule has 1 aliphatic carbocycles. The molecule has 0 aromatic heterocycles. The molecule has 142 valence electrons. The van der Waals surface area contributed by atoms with Crippen LogP contribution in [0.4, 0.5) is 0 Å². The van der Waals surface area contributed by atoms with Crippen LogP contribution in [-0.2, 0) is 17.6 Å². The Labute approximate surface area is 161 Å². The van der Waals surface area contributed by atoms with Gasteiger partial charge in [-0.05, 0) is 54.5 Å². The summed E-state index contributed by atoms with van der Waals surface area (Å²) in [5.41, 5.74) is 4.72. The molecule has 0 unspecified atom stereocenters. The molecule has 1 aliphatic heterocycles. The predicted molar refractivity (Wildman–Crippen MR) is 106 cm³/mol. The van der Waals surface area contributed by atoms with Crippen LogP contribution in [0.5, 0.6) is 0 Å². The molecular weight excluding hydrogens is 336 g/mol. The molecule has 1 fully saturated rings. The third-order valence-corrected chi connectivity index (χ3v) is 5.81. The molecule has 4 rings (SSSR count). The van der Waals surface area contributed by atoms with Crippen LogP contribution >= 0.6 is 0 Å². The van der Waals surface area contributed by atoms with E-state index in [0.717, 1.165) is 51.3 Å². The Balaban J connectivity index is 1.50. The summed E-state index contributed by atoms with van der Waals surface area (Å²) in [7, 11) is 0. The van der Waals surface area contributed by atoms with E-state index in [1.54, 1.807) is 0 Å². The van der Waals surface area contributed by atoms with E-state index in [0.29, 0.717) is 0 Å². The molecule has 1 saturated heterocycles. The highest BCUT2D eigenvalue weighted by atomic mass is 16.5. The highest BCUT2D eigenvalue weighted by Crippen LogP contribution is 2.22. The summed E-state index contributed by atoms with van der Waals surface area (Å²) in [5.74, 6) is 0.0323. The molecule has 1 amide bonds. The smallest absolute Gasteiger partial charge is 0.251 e. The number of rotatable bonds is 5. The molecule has 1 heterocycles. The van der Waals surface area contributed by atoms with E-state index in [4.69, 9.17) is 4.74 Å². The Morgan fingerprint density at radius 3 is 2.52 bits per heavy atom. The number of hydrogen-bond donors (Lipinski definition) is 2. The lowest BCUT2D eigenvalue weighted by Gasteiger charge is -2.28. The van der Waals surface area contributed by atoms with Crippen molar-refractivity contribution in [3.8, 4) is 0 Å². The molecule has 2 aliphatic rings. The van der Waals surface area contributed by atoms with E-state index in [2.05, 4.69) is 29.6 Å². The van der Waals surface area contributed by atoms with E-state index in [1.807, 2.05) is 24.3 Å². The molecule has 4 heteroatoms. The van der Waals surface area contributed by atoms with Crippen molar-refractivity contribution in [3.63, 3.8) is 0 Å². The molecule has 0 bridgehead atoms. The van der Waals surface area contributed by atoms with Crippen LogP contribution in [0.1, 0.15) is 45.9 Å². The summed E-state index contributed by atoms with van der Waals surface area (Å²) in [6.07, 6.45) is 4.73. The monoisotopic (exact) mass is 365 g/mol. The second-order valence-corrected chi connectivity index (χ2v) is 7.69. The van der Waals surface area contributed by atoms with Crippen molar-refractivity contribution in [2.45, 2.75) is 31.7 Å². The topological polar surface area (TPSA) is 42.8 Å². The SMILES string of the molecule is O=C(N[C@H](C[NH+]1CCOCC1)c1ccccc1)c1ccc2c(c1)CCCC2. The lowest BCUT2D eigenvalue weighted by atomic mass is 9.90. The Bertz CT molecular complexity index is 769. The Morgan fingerprint density at radius 2 is 1.74 bits per heavy atom. The number of amides is 1. The van der Waals surface area contributed by atoms with Gasteiger partial charge in [0.2, 0.25) is 0 Å². The molecule has 1 atom stereocenters. The third kappa shape index (κ3) is 4.57. The lowest BCUT2D eigenvalue weighted by molar-refractivity contribution is -0.909. The van der Waals surface area contributed by atoms with Crippen LogP contribution in [0, 0.1) is 0 Å².